The van der Waals surface area contributed by atoms with Crippen LogP contribution in [0, 0.1) is 12.7 Å². The molecule has 2 atom stereocenters. The standard InChI is InChI=1S/C34H43FN6O9/c1-3-49-34(48)40-14-12-39(13-15-40)33(47)23(9-10-29(43)44)38-31(45)25-18-27(30-22(35)16-20(2)17-24(30)37-25)50-19-28(42)41-11-5-8-26(41)32(46)36-21-6-4-7-21/h16-18,21,23,26H,3-15,19H2,1-2H3,(H,36,46)(H,38,45)(H,43,44)/t23-,26-/m0/s1. The number of nitrogens with zero attached hydrogens (tertiary/aromatic N) is 4. The van der Waals surface area contributed by atoms with Gasteiger partial charge in [0.05, 0.1) is 17.5 Å². The Labute approximate surface area is 288 Å². The maximum Gasteiger partial charge on any atom is 0.409 e. The summed E-state index contributed by atoms with van der Waals surface area (Å²) in [4.78, 5) is 85.5. The third-order valence-electron chi connectivity index (χ3n) is 9.25. The molecule has 2 aromatic rings. The number of carboxylic acids is 1. The average Bonchev–Trinajstić information content (AvgIpc) is 3.57. The van der Waals surface area contributed by atoms with E-state index in [2.05, 4.69) is 15.6 Å². The smallest absolute Gasteiger partial charge is 0.409 e. The molecular formula is C34H43FN6O9. The first kappa shape index (κ1) is 36.3. The number of carboxylic acid groups (broad SMARTS) is 1. The minimum atomic E-state index is -1.25. The van der Waals surface area contributed by atoms with Gasteiger partial charge in [0, 0.05) is 51.3 Å². The zero-order chi connectivity index (χ0) is 35.9. The van der Waals surface area contributed by atoms with Gasteiger partial charge in [-0.15, -0.1) is 0 Å². The lowest BCUT2D eigenvalue weighted by Crippen LogP contribution is -2.56. The van der Waals surface area contributed by atoms with E-state index < -0.39 is 60.7 Å². The SMILES string of the molecule is CCOC(=O)N1CCN(C(=O)[C@H](CCC(=O)O)NC(=O)c2cc(OCC(=O)N3CCC[C@H]3C(=O)NC3CCC3)c3c(F)cc(C)cc3n2)CC1. The van der Waals surface area contributed by atoms with E-state index in [1.54, 1.807) is 19.9 Å². The molecule has 3 N–H and O–H groups in total. The van der Waals surface area contributed by atoms with Gasteiger partial charge in [-0.3, -0.25) is 24.0 Å². The first-order chi connectivity index (χ1) is 23.9. The summed E-state index contributed by atoms with van der Waals surface area (Å²) in [5.74, 6) is -4.03. The van der Waals surface area contributed by atoms with Crippen LogP contribution in [0.3, 0.4) is 0 Å². The van der Waals surface area contributed by atoms with E-state index in [0.717, 1.165) is 19.3 Å². The second kappa shape index (κ2) is 16.1. The van der Waals surface area contributed by atoms with Gasteiger partial charge in [-0.05, 0) is 70.1 Å². The third kappa shape index (κ3) is 8.58. The molecule has 2 saturated heterocycles. The summed E-state index contributed by atoms with van der Waals surface area (Å²) >= 11 is 0. The number of nitrogens with one attached hydrogen (secondary N) is 2. The van der Waals surface area contributed by atoms with Gasteiger partial charge in [0.2, 0.25) is 11.8 Å². The second-order valence-corrected chi connectivity index (χ2v) is 12.8. The van der Waals surface area contributed by atoms with Crippen molar-refractivity contribution in [2.45, 2.75) is 76.9 Å². The first-order valence-corrected chi connectivity index (χ1v) is 17.0. The van der Waals surface area contributed by atoms with Crippen LogP contribution in [-0.4, -0.2) is 125 Å². The Bertz CT molecular complexity index is 1640. The number of rotatable bonds is 12. The summed E-state index contributed by atoms with van der Waals surface area (Å²) in [6.45, 7) is 4.07. The van der Waals surface area contributed by atoms with Gasteiger partial charge in [-0.2, -0.15) is 0 Å². The Hall–Kier alpha value is -5.02. The number of halogens is 1. The Morgan fingerprint density at radius 2 is 1.72 bits per heavy atom. The zero-order valence-electron chi connectivity index (χ0n) is 28.2. The number of piperazine rings is 1. The number of carbonyl (C=O) groups excluding carboxylic acids is 5. The molecule has 1 aromatic heterocycles. The maximum atomic E-state index is 15.3. The van der Waals surface area contributed by atoms with Crippen molar-refractivity contribution in [2.24, 2.45) is 0 Å². The molecule has 1 aliphatic carbocycles. The summed E-state index contributed by atoms with van der Waals surface area (Å²) in [6, 6.07) is 2.23. The highest BCUT2D eigenvalue weighted by molar-refractivity contribution is 6.00. The predicted molar refractivity (Wildman–Crippen MR) is 176 cm³/mol. The van der Waals surface area contributed by atoms with Crippen LogP contribution in [0.5, 0.6) is 5.75 Å². The zero-order valence-corrected chi connectivity index (χ0v) is 28.2. The van der Waals surface area contributed by atoms with Crippen LogP contribution < -0.4 is 15.4 Å². The molecule has 0 unspecified atom stereocenters. The molecule has 3 heterocycles. The van der Waals surface area contributed by atoms with Crippen molar-refractivity contribution in [3.05, 3.63) is 35.3 Å². The van der Waals surface area contributed by atoms with Crippen LogP contribution in [-0.2, 0) is 23.9 Å². The van der Waals surface area contributed by atoms with Crippen LogP contribution in [0.15, 0.2) is 18.2 Å². The Morgan fingerprint density at radius 1 is 1.00 bits per heavy atom. The summed E-state index contributed by atoms with van der Waals surface area (Å²) < 4.78 is 26.2. The van der Waals surface area contributed by atoms with Crippen LogP contribution in [0.25, 0.3) is 10.9 Å². The fourth-order valence-electron chi connectivity index (χ4n) is 6.36. The average molecular weight is 699 g/mol. The lowest BCUT2D eigenvalue weighted by Gasteiger charge is -2.35. The van der Waals surface area contributed by atoms with Crippen LogP contribution in [0.1, 0.15) is 67.9 Å². The minimum Gasteiger partial charge on any atom is -0.483 e. The van der Waals surface area contributed by atoms with Crippen molar-refractivity contribution in [3.8, 4) is 5.75 Å². The maximum absolute atomic E-state index is 15.3. The predicted octanol–water partition coefficient (Wildman–Crippen LogP) is 1.98. The van der Waals surface area contributed by atoms with Crippen LogP contribution >= 0.6 is 0 Å². The van der Waals surface area contributed by atoms with E-state index in [4.69, 9.17) is 9.47 Å². The number of carbonyl (C=O) groups is 6. The number of amides is 5. The minimum absolute atomic E-state index is 0.0568. The number of aromatic nitrogens is 1. The van der Waals surface area contributed by atoms with Crippen molar-refractivity contribution in [2.75, 3.05) is 45.9 Å². The molecule has 2 aliphatic heterocycles. The summed E-state index contributed by atoms with van der Waals surface area (Å²) in [5, 5.41) is 14.8. The molecule has 50 heavy (non-hydrogen) atoms. The van der Waals surface area contributed by atoms with E-state index in [1.807, 2.05) is 0 Å². The van der Waals surface area contributed by atoms with Gasteiger partial charge in [-0.1, -0.05) is 0 Å². The van der Waals surface area contributed by atoms with Crippen molar-refractivity contribution in [1.82, 2.24) is 30.3 Å². The molecule has 1 saturated carbocycles. The number of likely N-dealkylation sites (tertiary alicyclic amines) is 1. The summed E-state index contributed by atoms with van der Waals surface area (Å²) in [7, 11) is 0. The van der Waals surface area contributed by atoms with Crippen molar-refractivity contribution in [1.29, 1.82) is 0 Å². The Balaban J connectivity index is 1.32. The van der Waals surface area contributed by atoms with Gasteiger partial charge in [-0.25, -0.2) is 14.2 Å². The molecule has 0 radical (unpaired) electrons. The van der Waals surface area contributed by atoms with E-state index in [9.17, 15) is 33.9 Å². The van der Waals surface area contributed by atoms with Gasteiger partial charge < -0.3 is 39.9 Å². The lowest BCUT2D eigenvalue weighted by molar-refractivity contribution is -0.140. The van der Waals surface area contributed by atoms with E-state index in [0.29, 0.717) is 24.9 Å². The van der Waals surface area contributed by atoms with Gasteiger partial charge in [0.15, 0.2) is 6.61 Å². The molecule has 5 rings (SSSR count). The molecule has 0 bridgehead atoms. The number of ether oxygens (including phenoxy) is 2. The molecule has 270 valence electrons. The highest BCUT2D eigenvalue weighted by atomic mass is 19.1. The number of fused-ring (bicyclic) bond motifs is 1. The van der Waals surface area contributed by atoms with Crippen LogP contribution in [0.2, 0.25) is 0 Å². The normalized spacial score (nSPS) is 18.3. The highest BCUT2D eigenvalue weighted by Gasteiger charge is 2.36. The van der Waals surface area contributed by atoms with Gasteiger partial charge in [0.1, 0.15) is 29.3 Å². The van der Waals surface area contributed by atoms with Crippen molar-refractivity contribution in [3.63, 3.8) is 0 Å². The quantitative estimate of drug-likeness (QED) is 0.296. The van der Waals surface area contributed by atoms with E-state index in [-0.39, 0.29) is 73.5 Å². The van der Waals surface area contributed by atoms with Crippen molar-refractivity contribution >= 4 is 46.6 Å². The molecule has 3 aliphatic rings. The molecular weight excluding hydrogens is 655 g/mol. The molecule has 5 amide bonds. The summed E-state index contributed by atoms with van der Waals surface area (Å²) in [5.41, 5.74) is 0.333. The molecule has 3 fully saturated rings. The number of pyridine rings is 1. The second-order valence-electron chi connectivity index (χ2n) is 12.8. The third-order valence-corrected chi connectivity index (χ3v) is 9.25. The molecule has 0 spiro atoms. The van der Waals surface area contributed by atoms with E-state index in [1.165, 1.54) is 26.8 Å². The number of hydrogen-bond acceptors (Lipinski definition) is 9. The fourth-order valence-corrected chi connectivity index (χ4v) is 6.36. The van der Waals surface area contributed by atoms with Crippen molar-refractivity contribution < 1.29 is 47.7 Å². The Morgan fingerprint density at radius 3 is 2.38 bits per heavy atom. The van der Waals surface area contributed by atoms with Gasteiger partial charge in [0.25, 0.3) is 11.8 Å². The van der Waals surface area contributed by atoms with E-state index >= 15 is 4.39 Å². The highest BCUT2D eigenvalue weighted by Crippen LogP contribution is 2.30. The number of aryl methyl sites for hydroxylation is 1. The Kier molecular flexibility index (Phi) is 11.7. The molecule has 1 aromatic carbocycles. The monoisotopic (exact) mass is 698 g/mol. The number of aliphatic carboxylic acids is 1. The molecule has 15 nitrogen and oxygen atoms in total. The molecule has 16 heteroatoms. The summed E-state index contributed by atoms with van der Waals surface area (Å²) in [6.07, 6.45) is 2.90. The first-order valence-electron chi connectivity index (χ1n) is 17.0. The topological polar surface area (TPSA) is 188 Å². The lowest BCUT2D eigenvalue weighted by atomic mass is 9.93. The fraction of sp³-hybridized carbons (Fsp3) is 0.559. The van der Waals surface area contributed by atoms with Crippen LogP contribution in [0.4, 0.5) is 9.18 Å². The largest absolute Gasteiger partial charge is 0.483 e. The van der Waals surface area contributed by atoms with Gasteiger partial charge >= 0.3 is 12.1 Å². The number of hydrogen-bond donors (Lipinski definition) is 3. The number of benzene rings is 1.